The third-order valence-electron chi connectivity index (χ3n) is 9.79. The molecule has 2 aliphatic rings. The summed E-state index contributed by atoms with van der Waals surface area (Å²) in [7, 11) is 0. The van der Waals surface area contributed by atoms with Crippen LogP contribution in [0.15, 0.2) is 132 Å². The number of aliphatic hydroxyl groups excluding tert-OH is 1. The van der Waals surface area contributed by atoms with Crippen LogP contribution in [-0.4, -0.2) is 50.8 Å². The molecule has 0 saturated carbocycles. The molecular formula is C44H39N3O7S2. The van der Waals surface area contributed by atoms with Crippen molar-refractivity contribution in [2.24, 2.45) is 0 Å². The van der Waals surface area contributed by atoms with Crippen molar-refractivity contribution in [2.45, 2.75) is 61.5 Å². The number of carbonyl (C=O) groups excluding carboxylic acids is 3. The lowest BCUT2D eigenvalue weighted by Crippen LogP contribution is -2.41. The van der Waals surface area contributed by atoms with E-state index in [1.165, 1.54) is 4.90 Å². The highest BCUT2D eigenvalue weighted by Crippen LogP contribution is 2.41. The number of nitrogens with zero attached hydrogens (tertiary/aromatic N) is 2. The molecule has 1 unspecified atom stereocenters. The largest absolute Gasteiger partial charge is 0.445 e. The number of benzene rings is 5. The highest BCUT2D eigenvalue weighted by atomic mass is 32.2. The Labute approximate surface area is 332 Å². The molecule has 0 aliphatic carbocycles. The first-order valence-corrected chi connectivity index (χ1v) is 20.2. The van der Waals surface area contributed by atoms with Gasteiger partial charge in [-0.15, -0.1) is 11.3 Å². The number of amides is 3. The number of thioether (sulfide) groups is 1. The van der Waals surface area contributed by atoms with Crippen LogP contribution in [0.4, 0.5) is 4.79 Å². The van der Waals surface area contributed by atoms with E-state index in [0.29, 0.717) is 12.2 Å². The van der Waals surface area contributed by atoms with Gasteiger partial charge in [-0.3, -0.25) is 14.5 Å². The van der Waals surface area contributed by atoms with Crippen molar-refractivity contribution in [3.05, 3.63) is 155 Å². The normalized spacial score (nSPS) is 19.7. The number of alkyl carbamates (subject to hydrolysis) is 1. The molecule has 2 fully saturated rings. The third-order valence-corrected chi connectivity index (χ3v) is 12.1. The van der Waals surface area contributed by atoms with Crippen molar-refractivity contribution in [3.8, 4) is 11.1 Å². The maximum absolute atomic E-state index is 13.3. The zero-order valence-electron chi connectivity index (χ0n) is 30.3. The smallest absolute Gasteiger partial charge is 0.408 e. The van der Waals surface area contributed by atoms with E-state index >= 15 is 0 Å². The molecule has 3 amide bonds. The predicted molar refractivity (Wildman–Crippen MR) is 214 cm³/mol. The Bertz CT molecular complexity index is 2300. The zero-order valence-corrected chi connectivity index (χ0v) is 31.9. The summed E-state index contributed by atoms with van der Waals surface area (Å²) in [5.41, 5.74) is 7.11. The number of likely N-dealkylation sites (tertiary alicyclic amines) is 1. The Morgan fingerprint density at radius 1 is 0.839 bits per heavy atom. The van der Waals surface area contributed by atoms with Crippen LogP contribution in [0.1, 0.15) is 53.1 Å². The van der Waals surface area contributed by atoms with Gasteiger partial charge in [-0.05, 0) is 57.6 Å². The average molecular weight is 786 g/mol. The molecule has 4 atom stereocenters. The summed E-state index contributed by atoms with van der Waals surface area (Å²) in [4.78, 5) is 44.6. The number of nitrogens with one attached hydrogen (secondary N) is 1. The fourth-order valence-corrected chi connectivity index (χ4v) is 8.98. The number of aliphatic hydroxyl groups is 1. The quantitative estimate of drug-likeness (QED) is 0.0930. The van der Waals surface area contributed by atoms with Gasteiger partial charge >= 0.3 is 6.09 Å². The van der Waals surface area contributed by atoms with Crippen LogP contribution in [0.5, 0.6) is 0 Å². The first kappa shape index (κ1) is 37.5. The average Bonchev–Trinajstić information content (AvgIpc) is 3.78. The Balaban J connectivity index is 0.953. The van der Waals surface area contributed by atoms with Crippen molar-refractivity contribution in [1.82, 2.24) is 15.2 Å². The second kappa shape index (κ2) is 17.2. The minimum Gasteiger partial charge on any atom is -0.445 e. The minimum absolute atomic E-state index is 0.0264. The topological polar surface area (TPSA) is 127 Å². The standard InChI is InChI=1S/C44H39N3O7S2/c48-25-28-16-18-31(19-17-28)38-22-35(27-55-44-46-36-14-4-5-15-39(36)56-44)53-42(54-38)34-13-7-12-33(21-34)32-11-6-10-30(20-32)24-47-40(49)23-37(41(47)50)45-43(51)52-26-29-8-2-1-3-9-29/h1-21,35,37-38,42,48H,22-27H2,(H,45,51)/t35-,37?,38+,42+/m0/s1. The number of hydrogen-bond donors (Lipinski definition) is 2. The van der Waals surface area contributed by atoms with Crippen LogP contribution in [0.25, 0.3) is 21.3 Å². The second-order valence-electron chi connectivity index (χ2n) is 13.7. The molecule has 8 rings (SSSR count). The van der Waals surface area contributed by atoms with Gasteiger partial charge in [0.1, 0.15) is 12.6 Å². The fraction of sp³-hybridized carbons (Fsp3) is 0.227. The van der Waals surface area contributed by atoms with Gasteiger partial charge in [0.15, 0.2) is 10.6 Å². The Morgan fingerprint density at radius 2 is 1.59 bits per heavy atom. The van der Waals surface area contributed by atoms with Gasteiger partial charge in [0.25, 0.3) is 5.91 Å². The van der Waals surface area contributed by atoms with Gasteiger partial charge in [-0.2, -0.15) is 0 Å². The summed E-state index contributed by atoms with van der Waals surface area (Å²) >= 11 is 3.36. The molecule has 0 spiro atoms. The predicted octanol–water partition coefficient (Wildman–Crippen LogP) is 8.35. The molecule has 2 aliphatic heterocycles. The molecule has 56 heavy (non-hydrogen) atoms. The van der Waals surface area contributed by atoms with Gasteiger partial charge in [-0.1, -0.05) is 115 Å². The van der Waals surface area contributed by atoms with E-state index in [1.807, 2.05) is 121 Å². The first-order valence-electron chi connectivity index (χ1n) is 18.4. The molecule has 10 nitrogen and oxygen atoms in total. The number of para-hydroxylation sites is 1. The molecule has 1 aromatic heterocycles. The SMILES string of the molecule is O=C(NC1CC(=O)N(Cc2cccc(-c3cccc([C@@H]4O[C@H](CSc5nc6ccccc6s5)C[C@H](c5ccc(CO)cc5)O4)c3)c2)C1=O)OCc1ccccc1. The van der Waals surface area contributed by atoms with E-state index in [9.17, 15) is 19.5 Å². The van der Waals surface area contributed by atoms with Crippen LogP contribution in [0.3, 0.4) is 0 Å². The Morgan fingerprint density at radius 3 is 2.39 bits per heavy atom. The lowest BCUT2D eigenvalue weighted by molar-refractivity contribution is -0.245. The highest BCUT2D eigenvalue weighted by Gasteiger charge is 2.40. The fourth-order valence-electron chi connectivity index (χ4n) is 6.87. The summed E-state index contributed by atoms with van der Waals surface area (Å²) in [6, 6.07) is 39.9. The summed E-state index contributed by atoms with van der Waals surface area (Å²) in [6.45, 7) is 0.103. The van der Waals surface area contributed by atoms with E-state index in [1.54, 1.807) is 23.1 Å². The summed E-state index contributed by atoms with van der Waals surface area (Å²) in [5.74, 6) is -0.132. The Hall–Kier alpha value is -5.37. The molecule has 12 heteroatoms. The molecule has 0 bridgehead atoms. The van der Waals surface area contributed by atoms with Crippen molar-refractivity contribution in [2.75, 3.05) is 5.75 Å². The number of fused-ring (bicyclic) bond motifs is 1. The summed E-state index contributed by atoms with van der Waals surface area (Å²) in [6.07, 6.45) is -1.21. The maximum atomic E-state index is 13.3. The van der Waals surface area contributed by atoms with E-state index in [-0.39, 0.29) is 44.3 Å². The number of hydrogen-bond acceptors (Lipinski definition) is 10. The van der Waals surface area contributed by atoms with Gasteiger partial charge in [-0.25, -0.2) is 9.78 Å². The van der Waals surface area contributed by atoms with Crippen LogP contribution in [0.2, 0.25) is 0 Å². The van der Waals surface area contributed by atoms with Crippen LogP contribution in [0, 0.1) is 0 Å². The van der Waals surface area contributed by atoms with Crippen LogP contribution < -0.4 is 5.32 Å². The number of imide groups is 1. The van der Waals surface area contributed by atoms with Gasteiger partial charge in [0.2, 0.25) is 5.91 Å². The number of rotatable bonds is 12. The van der Waals surface area contributed by atoms with Gasteiger partial charge in [0, 0.05) is 17.7 Å². The highest BCUT2D eigenvalue weighted by molar-refractivity contribution is 8.01. The number of carbonyl (C=O) groups is 3. The van der Waals surface area contributed by atoms with Crippen molar-refractivity contribution in [1.29, 1.82) is 0 Å². The second-order valence-corrected chi connectivity index (χ2v) is 16.0. The van der Waals surface area contributed by atoms with E-state index in [4.69, 9.17) is 19.2 Å². The van der Waals surface area contributed by atoms with E-state index in [0.717, 1.165) is 53.5 Å². The van der Waals surface area contributed by atoms with Crippen LogP contribution in [-0.2, 0) is 43.6 Å². The number of thiazole rings is 1. The van der Waals surface area contributed by atoms with Gasteiger partial charge < -0.3 is 24.6 Å². The van der Waals surface area contributed by atoms with Crippen molar-refractivity contribution < 1.29 is 33.7 Å². The van der Waals surface area contributed by atoms with Crippen LogP contribution >= 0.6 is 23.1 Å². The summed E-state index contributed by atoms with van der Waals surface area (Å²) < 4.78 is 20.7. The van der Waals surface area contributed by atoms with Crippen molar-refractivity contribution in [3.63, 3.8) is 0 Å². The zero-order chi connectivity index (χ0) is 38.4. The Kier molecular flexibility index (Phi) is 11.5. The molecule has 284 valence electrons. The molecule has 5 aromatic carbocycles. The molecule has 6 aromatic rings. The van der Waals surface area contributed by atoms with E-state index in [2.05, 4.69) is 11.4 Å². The number of aromatic nitrogens is 1. The number of ether oxygens (including phenoxy) is 3. The maximum Gasteiger partial charge on any atom is 0.408 e. The molecule has 2 N–H and O–H groups in total. The van der Waals surface area contributed by atoms with Gasteiger partial charge in [0.05, 0.1) is 42.0 Å². The first-order chi connectivity index (χ1) is 27.4. The third kappa shape index (κ3) is 8.85. The molecular weight excluding hydrogens is 747 g/mol. The lowest BCUT2D eigenvalue weighted by Gasteiger charge is -2.36. The minimum atomic E-state index is -0.985. The molecule has 3 heterocycles. The van der Waals surface area contributed by atoms with Crippen molar-refractivity contribution >= 4 is 51.2 Å². The molecule has 0 radical (unpaired) electrons. The summed E-state index contributed by atoms with van der Waals surface area (Å²) in [5, 5.41) is 12.2. The monoisotopic (exact) mass is 785 g/mol. The lowest BCUT2D eigenvalue weighted by atomic mass is 9.99. The molecule has 2 saturated heterocycles. The van der Waals surface area contributed by atoms with E-state index < -0.39 is 24.3 Å².